The van der Waals surface area contributed by atoms with E-state index in [4.69, 9.17) is 11.6 Å². The van der Waals surface area contributed by atoms with E-state index in [1.807, 2.05) is 35.9 Å². The highest BCUT2D eigenvalue weighted by Gasteiger charge is 2.25. The molecule has 0 spiro atoms. The number of aromatic nitrogens is 3. The Morgan fingerprint density at radius 2 is 2.14 bits per heavy atom. The van der Waals surface area contributed by atoms with E-state index in [-0.39, 0.29) is 5.91 Å². The zero-order valence-corrected chi connectivity index (χ0v) is 17.0. The minimum Gasteiger partial charge on any atom is -0.367 e. The van der Waals surface area contributed by atoms with Crippen molar-refractivity contribution in [3.63, 3.8) is 0 Å². The van der Waals surface area contributed by atoms with Gasteiger partial charge in [-0.1, -0.05) is 31.5 Å². The van der Waals surface area contributed by atoms with E-state index in [9.17, 15) is 4.79 Å². The number of amides is 1. The predicted molar refractivity (Wildman–Crippen MR) is 112 cm³/mol. The van der Waals surface area contributed by atoms with Crippen molar-refractivity contribution in [2.45, 2.75) is 39.7 Å². The molecule has 1 saturated carbocycles. The van der Waals surface area contributed by atoms with Crippen LogP contribution < -0.4 is 10.6 Å². The Labute approximate surface area is 169 Å². The van der Waals surface area contributed by atoms with Crippen LogP contribution in [0, 0.1) is 12.8 Å². The fourth-order valence-electron chi connectivity index (χ4n) is 3.09. The second-order valence-corrected chi connectivity index (χ2v) is 8.19. The monoisotopic (exact) mass is 397 g/mol. The zero-order chi connectivity index (χ0) is 19.8. The highest BCUT2D eigenvalue weighted by atomic mass is 35.5. The number of aryl methyl sites for hydroxylation is 1. The van der Waals surface area contributed by atoms with Gasteiger partial charge in [-0.05, 0) is 37.8 Å². The van der Waals surface area contributed by atoms with Gasteiger partial charge in [-0.2, -0.15) is 0 Å². The molecule has 7 heteroatoms. The normalized spacial score (nSPS) is 13.9. The van der Waals surface area contributed by atoms with Crippen molar-refractivity contribution in [1.29, 1.82) is 0 Å². The van der Waals surface area contributed by atoms with Gasteiger partial charge in [0.1, 0.15) is 0 Å². The molecule has 1 fully saturated rings. The van der Waals surface area contributed by atoms with Crippen molar-refractivity contribution < 1.29 is 4.79 Å². The third kappa shape index (κ3) is 3.83. The molecule has 1 amide bonds. The lowest BCUT2D eigenvalue weighted by molar-refractivity contribution is 0.0951. The Bertz CT molecular complexity index is 1040. The first-order chi connectivity index (χ1) is 13.4. The van der Waals surface area contributed by atoms with E-state index in [0.717, 1.165) is 47.8 Å². The smallest absolute Gasteiger partial charge is 0.253 e. The maximum atomic E-state index is 12.3. The van der Waals surface area contributed by atoms with Gasteiger partial charge in [0.25, 0.3) is 5.91 Å². The van der Waals surface area contributed by atoms with Crippen molar-refractivity contribution in [2.24, 2.45) is 5.92 Å². The van der Waals surface area contributed by atoms with Gasteiger partial charge in [-0.3, -0.25) is 9.20 Å². The van der Waals surface area contributed by atoms with E-state index in [1.165, 1.54) is 0 Å². The molecule has 0 atom stereocenters. The van der Waals surface area contributed by atoms with Crippen LogP contribution in [0.4, 0.5) is 5.82 Å². The van der Waals surface area contributed by atoms with Crippen LogP contribution in [-0.2, 0) is 0 Å². The highest BCUT2D eigenvalue weighted by molar-refractivity contribution is 6.34. The van der Waals surface area contributed by atoms with Gasteiger partial charge in [0, 0.05) is 24.3 Å². The average Bonchev–Trinajstić information content (AvgIpc) is 3.35. The molecule has 1 aliphatic rings. The maximum absolute atomic E-state index is 12.3. The number of anilines is 1. The Morgan fingerprint density at radius 1 is 1.36 bits per heavy atom. The molecule has 0 aliphatic heterocycles. The summed E-state index contributed by atoms with van der Waals surface area (Å²) in [5.41, 5.74) is 3.98. The SMILES string of the molecule is Cc1cn2c(-c3ccc(C(=O)NC4CC4)c(Cl)c3)cnc2c(NCC(C)C)n1. The number of halogens is 1. The highest BCUT2D eigenvalue weighted by Crippen LogP contribution is 2.29. The molecular formula is C21H24ClN5O. The third-order valence-electron chi connectivity index (χ3n) is 4.71. The number of rotatable bonds is 6. The second-order valence-electron chi connectivity index (χ2n) is 7.79. The summed E-state index contributed by atoms with van der Waals surface area (Å²) in [7, 11) is 0. The zero-order valence-electron chi connectivity index (χ0n) is 16.3. The van der Waals surface area contributed by atoms with Gasteiger partial charge in [0.05, 0.1) is 28.2 Å². The summed E-state index contributed by atoms with van der Waals surface area (Å²) >= 11 is 6.43. The number of nitrogens with zero attached hydrogens (tertiary/aromatic N) is 3. The summed E-state index contributed by atoms with van der Waals surface area (Å²) in [6.07, 6.45) is 5.86. The fraction of sp³-hybridized carbons (Fsp3) is 0.381. The number of benzene rings is 1. The minimum atomic E-state index is -0.114. The van der Waals surface area contributed by atoms with Crippen LogP contribution >= 0.6 is 11.6 Å². The molecule has 28 heavy (non-hydrogen) atoms. The number of hydrogen-bond donors (Lipinski definition) is 2. The van der Waals surface area contributed by atoms with Crippen LogP contribution in [0.2, 0.25) is 5.02 Å². The standard InChI is InChI=1S/C21H24ClN5O/c1-12(2)9-23-19-20-24-10-18(27(20)11-13(3)25-19)14-4-7-16(17(22)8-14)21(28)26-15-5-6-15/h4,7-8,10-12,15H,5-6,9H2,1-3H3,(H,23,25)(H,26,28). The van der Waals surface area contributed by atoms with Crippen LogP contribution in [0.5, 0.6) is 0 Å². The molecule has 0 saturated heterocycles. The maximum Gasteiger partial charge on any atom is 0.253 e. The van der Waals surface area contributed by atoms with Crippen molar-refractivity contribution >= 4 is 29.0 Å². The number of nitrogens with one attached hydrogen (secondary N) is 2. The Hall–Kier alpha value is -2.60. The average molecular weight is 398 g/mol. The minimum absolute atomic E-state index is 0.114. The molecule has 0 radical (unpaired) electrons. The molecular weight excluding hydrogens is 374 g/mol. The summed E-state index contributed by atoms with van der Waals surface area (Å²) in [6, 6.07) is 5.81. The first kappa shape index (κ1) is 18.7. The topological polar surface area (TPSA) is 71.3 Å². The lowest BCUT2D eigenvalue weighted by Crippen LogP contribution is -2.25. The Kier molecular flexibility index (Phi) is 4.98. The number of hydrogen-bond acceptors (Lipinski definition) is 4. The summed E-state index contributed by atoms with van der Waals surface area (Å²) < 4.78 is 2.01. The molecule has 2 N–H and O–H groups in total. The fourth-order valence-corrected chi connectivity index (χ4v) is 3.36. The molecule has 1 aromatic carbocycles. The predicted octanol–water partition coefficient (Wildman–Crippen LogP) is 4.32. The lowest BCUT2D eigenvalue weighted by atomic mass is 10.1. The molecule has 0 bridgehead atoms. The number of carbonyl (C=O) groups is 1. The Morgan fingerprint density at radius 3 is 2.82 bits per heavy atom. The van der Waals surface area contributed by atoms with Crippen molar-refractivity contribution in [2.75, 3.05) is 11.9 Å². The van der Waals surface area contributed by atoms with E-state index in [2.05, 4.69) is 34.4 Å². The van der Waals surface area contributed by atoms with Crippen LogP contribution in [0.15, 0.2) is 30.6 Å². The number of fused-ring (bicyclic) bond motifs is 1. The summed E-state index contributed by atoms with van der Waals surface area (Å²) in [5, 5.41) is 6.79. The molecule has 146 valence electrons. The summed E-state index contributed by atoms with van der Waals surface area (Å²) in [5.74, 6) is 1.16. The van der Waals surface area contributed by atoms with Gasteiger partial charge >= 0.3 is 0 Å². The largest absolute Gasteiger partial charge is 0.367 e. The molecule has 6 nitrogen and oxygen atoms in total. The van der Waals surface area contributed by atoms with Crippen molar-refractivity contribution in [1.82, 2.24) is 19.7 Å². The number of carbonyl (C=O) groups excluding carboxylic acids is 1. The van der Waals surface area contributed by atoms with E-state index in [0.29, 0.717) is 22.5 Å². The van der Waals surface area contributed by atoms with Crippen LogP contribution in [0.3, 0.4) is 0 Å². The van der Waals surface area contributed by atoms with Gasteiger partial charge < -0.3 is 10.6 Å². The van der Waals surface area contributed by atoms with Crippen molar-refractivity contribution in [3.05, 3.63) is 46.9 Å². The van der Waals surface area contributed by atoms with Gasteiger partial charge in [0.2, 0.25) is 0 Å². The first-order valence-electron chi connectivity index (χ1n) is 9.61. The van der Waals surface area contributed by atoms with Gasteiger partial charge in [-0.25, -0.2) is 9.97 Å². The second kappa shape index (κ2) is 7.43. The third-order valence-corrected chi connectivity index (χ3v) is 5.03. The molecule has 2 heterocycles. The summed E-state index contributed by atoms with van der Waals surface area (Å²) in [4.78, 5) is 21.5. The van der Waals surface area contributed by atoms with Crippen molar-refractivity contribution in [3.8, 4) is 11.3 Å². The Balaban J connectivity index is 1.69. The van der Waals surface area contributed by atoms with Crippen LogP contribution in [-0.4, -0.2) is 32.9 Å². The van der Waals surface area contributed by atoms with E-state index in [1.54, 1.807) is 6.07 Å². The first-order valence-corrected chi connectivity index (χ1v) is 9.99. The van der Waals surface area contributed by atoms with Gasteiger partial charge in [-0.15, -0.1) is 0 Å². The molecule has 3 aromatic rings. The lowest BCUT2D eigenvalue weighted by Gasteiger charge is -2.11. The number of imidazole rings is 1. The van der Waals surface area contributed by atoms with Crippen LogP contribution in [0.1, 0.15) is 42.7 Å². The van der Waals surface area contributed by atoms with Crippen LogP contribution in [0.25, 0.3) is 16.9 Å². The molecule has 0 unspecified atom stereocenters. The van der Waals surface area contributed by atoms with Gasteiger partial charge in [0.15, 0.2) is 11.5 Å². The van der Waals surface area contributed by atoms with E-state index >= 15 is 0 Å². The van der Waals surface area contributed by atoms with E-state index < -0.39 is 0 Å². The quantitative estimate of drug-likeness (QED) is 0.649. The molecule has 2 aromatic heterocycles. The molecule has 1 aliphatic carbocycles. The molecule has 4 rings (SSSR count). The summed E-state index contributed by atoms with van der Waals surface area (Å²) in [6.45, 7) is 7.09.